The molecule has 3 nitrogen and oxygen atoms in total. The van der Waals surface area contributed by atoms with Crippen LogP contribution >= 0.6 is 0 Å². The average Bonchev–Trinajstić information content (AvgIpc) is 2.21. The van der Waals surface area contributed by atoms with Crippen molar-refractivity contribution in [2.45, 2.75) is 6.42 Å². The maximum atomic E-state index is 13.1. The van der Waals surface area contributed by atoms with Crippen LogP contribution in [-0.2, 0) is 11.2 Å². The molecule has 0 bridgehead atoms. The van der Waals surface area contributed by atoms with E-state index in [2.05, 4.69) is 5.32 Å². The molecular weight excluding hydrogens is 221 g/mol. The van der Waals surface area contributed by atoms with Crippen molar-refractivity contribution in [3.05, 3.63) is 35.1 Å². The van der Waals surface area contributed by atoms with E-state index >= 15 is 0 Å². The van der Waals surface area contributed by atoms with E-state index in [0.717, 1.165) is 0 Å². The lowest BCUT2D eigenvalue weighted by Crippen LogP contribution is -2.32. The first kappa shape index (κ1) is 12.5. The Morgan fingerprint density at radius 3 is 2.31 bits per heavy atom. The third kappa shape index (κ3) is 3.23. The molecule has 0 unspecified atom stereocenters. The third-order valence-corrected chi connectivity index (χ3v) is 1.99. The number of carbonyl (C=O) groups excluding carboxylic acids is 1. The van der Waals surface area contributed by atoms with Crippen molar-refractivity contribution in [3.63, 3.8) is 0 Å². The molecule has 0 saturated heterocycles. The molecule has 1 amide bonds. The molecule has 0 aliphatic heterocycles. The number of hydrogen-bond donors (Lipinski definition) is 2. The van der Waals surface area contributed by atoms with Crippen LogP contribution in [0.2, 0.25) is 0 Å². The minimum absolute atomic E-state index is 0.0511. The van der Waals surface area contributed by atoms with Crippen LogP contribution in [0.25, 0.3) is 0 Å². The number of halogens is 3. The molecule has 0 radical (unpaired) electrons. The van der Waals surface area contributed by atoms with Crippen LogP contribution in [0.5, 0.6) is 0 Å². The summed E-state index contributed by atoms with van der Waals surface area (Å²) in [6.07, 6.45) is -0.0519. The lowest BCUT2D eigenvalue weighted by Gasteiger charge is -2.06. The van der Waals surface area contributed by atoms with E-state index in [1.165, 1.54) is 0 Å². The van der Waals surface area contributed by atoms with Gasteiger partial charge in [0.05, 0.1) is 6.54 Å². The molecule has 1 aromatic carbocycles. The number of amides is 1. The standard InChI is InChI=1S/C10H11F3N2O/c11-6-3-8(12)7(9(13)4-6)1-2-15-10(16)5-14/h3-4H,1-2,5,14H2,(H,15,16). The number of benzene rings is 1. The molecule has 0 fully saturated rings. The second-order valence-electron chi connectivity index (χ2n) is 3.15. The highest BCUT2D eigenvalue weighted by molar-refractivity contribution is 5.77. The van der Waals surface area contributed by atoms with Gasteiger partial charge >= 0.3 is 0 Å². The molecule has 16 heavy (non-hydrogen) atoms. The van der Waals surface area contributed by atoms with Gasteiger partial charge in [0, 0.05) is 24.2 Å². The molecule has 1 aromatic rings. The van der Waals surface area contributed by atoms with Gasteiger partial charge in [-0.2, -0.15) is 0 Å². The van der Waals surface area contributed by atoms with Crippen LogP contribution in [0.4, 0.5) is 13.2 Å². The predicted octanol–water partition coefficient (Wildman–Crippen LogP) is 0.721. The number of nitrogens with one attached hydrogen (secondary N) is 1. The Labute approximate surface area is 90.4 Å². The van der Waals surface area contributed by atoms with Gasteiger partial charge in [-0.05, 0) is 6.42 Å². The largest absolute Gasteiger partial charge is 0.355 e. The fraction of sp³-hybridized carbons (Fsp3) is 0.300. The fourth-order valence-electron chi connectivity index (χ4n) is 1.21. The van der Waals surface area contributed by atoms with Crippen molar-refractivity contribution in [2.24, 2.45) is 5.73 Å². The van der Waals surface area contributed by atoms with Crippen LogP contribution in [0.1, 0.15) is 5.56 Å². The zero-order valence-corrected chi connectivity index (χ0v) is 8.40. The van der Waals surface area contributed by atoms with Crippen molar-refractivity contribution in [1.29, 1.82) is 0 Å². The van der Waals surface area contributed by atoms with Crippen molar-refractivity contribution < 1.29 is 18.0 Å². The number of nitrogens with two attached hydrogens (primary N) is 1. The SMILES string of the molecule is NCC(=O)NCCc1c(F)cc(F)cc1F. The summed E-state index contributed by atoms with van der Waals surface area (Å²) < 4.78 is 38.7. The highest BCUT2D eigenvalue weighted by Gasteiger charge is 2.11. The van der Waals surface area contributed by atoms with Crippen molar-refractivity contribution in [1.82, 2.24) is 5.32 Å². The molecule has 0 aromatic heterocycles. The summed E-state index contributed by atoms with van der Waals surface area (Å²) in [6.45, 7) is -0.135. The van der Waals surface area contributed by atoms with E-state index in [-0.39, 0.29) is 25.1 Å². The van der Waals surface area contributed by atoms with E-state index in [1.54, 1.807) is 0 Å². The predicted molar refractivity (Wildman–Crippen MR) is 52.1 cm³/mol. The number of rotatable bonds is 4. The van der Waals surface area contributed by atoms with Gasteiger partial charge < -0.3 is 11.1 Å². The molecule has 0 heterocycles. The number of hydrogen-bond acceptors (Lipinski definition) is 2. The summed E-state index contributed by atoms with van der Waals surface area (Å²) in [7, 11) is 0. The molecular formula is C10H11F3N2O. The van der Waals surface area contributed by atoms with E-state index < -0.39 is 23.4 Å². The Hall–Kier alpha value is -1.56. The maximum absolute atomic E-state index is 13.1. The van der Waals surface area contributed by atoms with E-state index in [9.17, 15) is 18.0 Å². The molecule has 6 heteroatoms. The molecule has 0 aliphatic rings. The lowest BCUT2D eigenvalue weighted by molar-refractivity contribution is -0.119. The smallest absolute Gasteiger partial charge is 0.233 e. The number of carbonyl (C=O) groups is 1. The van der Waals surface area contributed by atoms with Gasteiger partial charge in [-0.3, -0.25) is 4.79 Å². The summed E-state index contributed by atoms with van der Waals surface area (Å²) in [5, 5.41) is 2.36. The van der Waals surface area contributed by atoms with Crippen LogP contribution in [0, 0.1) is 17.5 Å². The lowest BCUT2D eigenvalue weighted by atomic mass is 10.1. The van der Waals surface area contributed by atoms with Crippen LogP contribution in [0.3, 0.4) is 0 Å². The Balaban J connectivity index is 2.64. The Morgan fingerprint density at radius 1 is 1.25 bits per heavy atom. The van der Waals surface area contributed by atoms with Gasteiger partial charge in [-0.15, -0.1) is 0 Å². The molecule has 0 aliphatic carbocycles. The van der Waals surface area contributed by atoms with Crippen molar-refractivity contribution in [2.75, 3.05) is 13.1 Å². The second kappa shape index (κ2) is 5.50. The Kier molecular flexibility index (Phi) is 4.30. The van der Waals surface area contributed by atoms with Crippen LogP contribution in [0.15, 0.2) is 12.1 Å². The van der Waals surface area contributed by atoms with Crippen molar-refractivity contribution >= 4 is 5.91 Å². The molecule has 0 atom stereocenters. The fourth-order valence-corrected chi connectivity index (χ4v) is 1.21. The van der Waals surface area contributed by atoms with Gasteiger partial charge in [0.1, 0.15) is 17.5 Å². The van der Waals surface area contributed by atoms with Crippen molar-refractivity contribution in [3.8, 4) is 0 Å². The normalized spacial score (nSPS) is 10.2. The first-order chi connectivity index (χ1) is 7.54. The average molecular weight is 232 g/mol. The minimum atomic E-state index is -0.968. The summed E-state index contributed by atoms with van der Waals surface area (Å²) >= 11 is 0. The highest BCUT2D eigenvalue weighted by atomic mass is 19.1. The van der Waals surface area contributed by atoms with E-state index in [0.29, 0.717) is 12.1 Å². The van der Waals surface area contributed by atoms with E-state index in [1.807, 2.05) is 0 Å². The van der Waals surface area contributed by atoms with Crippen LogP contribution in [-0.4, -0.2) is 19.0 Å². The van der Waals surface area contributed by atoms with Gasteiger partial charge in [0.15, 0.2) is 0 Å². The quantitative estimate of drug-likeness (QED) is 0.803. The first-order valence-electron chi connectivity index (χ1n) is 4.64. The van der Waals surface area contributed by atoms with Crippen LogP contribution < -0.4 is 11.1 Å². The topological polar surface area (TPSA) is 55.1 Å². The summed E-state index contributed by atoms with van der Waals surface area (Å²) in [4.78, 5) is 10.7. The van der Waals surface area contributed by atoms with Gasteiger partial charge in [-0.1, -0.05) is 0 Å². The molecule has 3 N–H and O–H groups in total. The zero-order chi connectivity index (χ0) is 12.1. The molecule has 1 rings (SSSR count). The monoisotopic (exact) mass is 232 g/mol. The highest BCUT2D eigenvalue weighted by Crippen LogP contribution is 2.14. The molecule has 88 valence electrons. The van der Waals surface area contributed by atoms with Gasteiger partial charge in [-0.25, -0.2) is 13.2 Å². The molecule has 0 spiro atoms. The third-order valence-electron chi connectivity index (χ3n) is 1.99. The molecule has 0 saturated carbocycles. The Bertz CT molecular complexity index is 373. The minimum Gasteiger partial charge on any atom is -0.355 e. The zero-order valence-electron chi connectivity index (χ0n) is 8.40. The maximum Gasteiger partial charge on any atom is 0.233 e. The Morgan fingerprint density at radius 2 is 1.81 bits per heavy atom. The first-order valence-corrected chi connectivity index (χ1v) is 4.64. The van der Waals surface area contributed by atoms with Gasteiger partial charge in [0.25, 0.3) is 0 Å². The summed E-state index contributed by atoms with van der Waals surface area (Å²) in [6, 6.07) is 1.20. The summed E-state index contributed by atoms with van der Waals surface area (Å²) in [5.74, 6) is -3.30. The summed E-state index contributed by atoms with van der Waals surface area (Å²) in [5.41, 5.74) is 4.77. The van der Waals surface area contributed by atoms with Gasteiger partial charge in [0.2, 0.25) is 5.91 Å². The second-order valence-corrected chi connectivity index (χ2v) is 3.15. The van der Waals surface area contributed by atoms with E-state index in [4.69, 9.17) is 5.73 Å².